The van der Waals surface area contributed by atoms with Crippen LogP contribution in [0.4, 0.5) is 0 Å². The zero-order chi connectivity index (χ0) is 15.9. The zero-order valence-corrected chi connectivity index (χ0v) is 14.6. The van der Waals surface area contributed by atoms with Crippen LogP contribution in [0, 0.1) is 0 Å². The Morgan fingerprint density at radius 1 is 1.24 bits per heavy atom. The Morgan fingerprint density at radius 2 is 1.86 bits per heavy atom. The lowest BCUT2D eigenvalue weighted by molar-refractivity contribution is -0.122. The maximum atomic E-state index is 12.1. The quantitative estimate of drug-likeness (QED) is 0.684. The molecule has 21 heavy (non-hydrogen) atoms. The van der Waals surface area contributed by atoms with E-state index in [1.54, 1.807) is 12.1 Å². The molecule has 0 aliphatic rings. The van der Waals surface area contributed by atoms with E-state index >= 15 is 0 Å². The third kappa shape index (κ3) is 6.15. The van der Waals surface area contributed by atoms with Crippen LogP contribution in [0.2, 0.25) is 0 Å². The van der Waals surface area contributed by atoms with Crippen LogP contribution in [0.1, 0.15) is 33.1 Å². The minimum absolute atomic E-state index is 0.135. The summed E-state index contributed by atoms with van der Waals surface area (Å²) in [6, 6.07) is 5.45. The largest absolute Gasteiger partial charge is 0.355 e. The number of nitrogens with one attached hydrogen (secondary N) is 2. The third-order valence-electron chi connectivity index (χ3n) is 2.93. The Balaban J connectivity index is 2.58. The molecule has 1 rings (SSSR count). The third-order valence-corrected chi connectivity index (χ3v) is 5.01. The minimum atomic E-state index is -3.69. The van der Waals surface area contributed by atoms with Crippen molar-refractivity contribution in [2.24, 2.45) is 0 Å². The Hall–Kier alpha value is -0.920. The van der Waals surface area contributed by atoms with Gasteiger partial charge >= 0.3 is 0 Å². The number of carbonyl (C=O) groups excluding carboxylic acids is 1. The maximum absolute atomic E-state index is 12.1. The van der Waals surface area contributed by atoms with Crippen molar-refractivity contribution < 1.29 is 13.2 Å². The zero-order valence-electron chi connectivity index (χ0n) is 12.2. The molecule has 1 aromatic carbocycles. The highest BCUT2D eigenvalue weighted by molar-refractivity contribution is 9.10. The molecule has 0 fully saturated rings. The normalized spacial score (nSPS) is 12.9. The fraction of sp³-hybridized carbons (Fsp3) is 0.500. The Bertz CT molecular complexity index is 558. The lowest BCUT2D eigenvalue weighted by Gasteiger charge is -2.14. The molecule has 2 N–H and O–H groups in total. The van der Waals surface area contributed by atoms with Crippen molar-refractivity contribution in [3.63, 3.8) is 0 Å². The first-order valence-corrected chi connectivity index (χ1v) is 9.20. The highest BCUT2D eigenvalue weighted by Crippen LogP contribution is 2.14. The van der Waals surface area contributed by atoms with Crippen molar-refractivity contribution >= 4 is 31.9 Å². The Morgan fingerprint density at radius 3 is 2.43 bits per heavy atom. The SMILES string of the molecule is CCCCCNC(=O)[C@@H](C)NS(=O)(=O)c1ccc(Br)cc1. The molecule has 5 nitrogen and oxygen atoms in total. The van der Waals surface area contributed by atoms with E-state index in [2.05, 4.69) is 32.9 Å². The van der Waals surface area contributed by atoms with Gasteiger partial charge in [-0.15, -0.1) is 0 Å². The fourth-order valence-electron chi connectivity index (χ4n) is 1.71. The van der Waals surface area contributed by atoms with Gasteiger partial charge in [-0.05, 0) is 37.6 Å². The van der Waals surface area contributed by atoms with E-state index in [9.17, 15) is 13.2 Å². The summed E-state index contributed by atoms with van der Waals surface area (Å²) in [5, 5.41) is 2.73. The maximum Gasteiger partial charge on any atom is 0.241 e. The highest BCUT2D eigenvalue weighted by atomic mass is 79.9. The molecule has 0 spiro atoms. The van der Waals surface area contributed by atoms with Gasteiger partial charge in [0, 0.05) is 11.0 Å². The number of amides is 1. The second kappa shape index (κ2) is 8.51. The number of unbranched alkanes of at least 4 members (excludes halogenated alkanes) is 2. The molecular formula is C14H21BrN2O3S. The summed E-state index contributed by atoms with van der Waals surface area (Å²) in [4.78, 5) is 12.0. The number of sulfonamides is 1. The van der Waals surface area contributed by atoms with E-state index < -0.39 is 16.1 Å². The van der Waals surface area contributed by atoms with Gasteiger partial charge in [0.2, 0.25) is 15.9 Å². The molecule has 1 aromatic rings. The number of halogens is 1. The van der Waals surface area contributed by atoms with E-state index in [0.717, 1.165) is 23.7 Å². The van der Waals surface area contributed by atoms with E-state index in [4.69, 9.17) is 0 Å². The minimum Gasteiger partial charge on any atom is -0.355 e. The van der Waals surface area contributed by atoms with Gasteiger partial charge in [0.1, 0.15) is 0 Å². The van der Waals surface area contributed by atoms with Gasteiger partial charge in [0.05, 0.1) is 10.9 Å². The Kier molecular flexibility index (Phi) is 7.34. The number of benzene rings is 1. The van der Waals surface area contributed by atoms with Crippen LogP contribution in [0.3, 0.4) is 0 Å². The fourth-order valence-corrected chi connectivity index (χ4v) is 3.18. The molecule has 118 valence electrons. The number of rotatable bonds is 8. The van der Waals surface area contributed by atoms with E-state index in [0.29, 0.717) is 6.54 Å². The van der Waals surface area contributed by atoms with Gasteiger partial charge in [-0.3, -0.25) is 4.79 Å². The number of hydrogen-bond acceptors (Lipinski definition) is 3. The predicted octanol–water partition coefficient (Wildman–Crippen LogP) is 2.42. The van der Waals surface area contributed by atoms with Crippen LogP contribution in [0.15, 0.2) is 33.6 Å². The molecular weight excluding hydrogens is 356 g/mol. The van der Waals surface area contributed by atoms with Crippen LogP contribution in [-0.4, -0.2) is 26.9 Å². The lowest BCUT2D eigenvalue weighted by atomic mass is 10.2. The van der Waals surface area contributed by atoms with Gasteiger partial charge in [0.25, 0.3) is 0 Å². The average molecular weight is 377 g/mol. The van der Waals surface area contributed by atoms with Gasteiger partial charge < -0.3 is 5.32 Å². The van der Waals surface area contributed by atoms with Gasteiger partial charge in [-0.2, -0.15) is 4.72 Å². The van der Waals surface area contributed by atoms with Crippen molar-refractivity contribution in [1.29, 1.82) is 0 Å². The van der Waals surface area contributed by atoms with E-state index in [1.807, 2.05) is 0 Å². The van der Waals surface area contributed by atoms with Gasteiger partial charge in [-0.1, -0.05) is 35.7 Å². The monoisotopic (exact) mass is 376 g/mol. The molecule has 1 atom stereocenters. The lowest BCUT2D eigenvalue weighted by Crippen LogP contribution is -2.44. The molecule has 7 heteroatoms. The molecule has 0 saturated heterocycles. The van der Waals surface area contributed by atoms with Crippen LogP contribution >= 0.6 is 15.9 Å². The van der Waals surface area contributed by atoms with Gasteiger partial charge in [0.15, 0.2) is 0 Å². The second-order valence-corrected chi connectivity index (χ2v) is 7.42. The summed E-state index contributed by atoms with van der Waals surface area (Å²) >= 11 is 3.25. The van der Waals surface area contributed by atoms with Crippen molar-refractivity contribution in [3.8, 4) is 0 Å². The molecule has 1 amide bonds. The first kappa shape index (κ1) is 18.1. The molecule has 0 unspecified atom stereocenters. The van der Waals surface area contributed by atoms with E-state index in [1.165, 1.54) is 19.1 Å². The standard InChI is InChI=1S/C14H21BrN2O3S/c1-3-4-5-10-16-14(18)11(2)17-21(19,20)13-8-6-12(15)7-9-13/h6-9,11,17H,3-5,10H2,1-2H3,(H,16,18)/t11-/m1/s1. The van der Waals surface area contributed by atoms with E-state index in [-0.39, 0.29) is 10.8 Å². The summed E-state index contributed by atoms with van der Waals surface area (Å²) in [5.41, 5.74) is 0. The van der Waals surface area contributed by atoms with Crippen molar-refractivity contribution in [3.05, 3.63) is 28.7 Å². The van der Waals surface area contributed by atoms with Gasteiger partial charge in [-0.25, -0.2) is 8.42 Å². The molecule has 0 heterocycles. The first-order valence-electron chi connectivity index (χ1n) is 6.92. The second-order valence-electron chi connectivity index (χ2n) is 4.80. The summed E-state index contributed by atoms with van der Waals surface area (Å²) < 4.78 is 27.4. The Labute approximate surface area is 134 Å². The van der Waals surface area contributed by atoms with Crippen molar-refractivity contribution in [2.45, 2.75) is 44.0 Å². The molecule has 0 bridgehead atoms. The molecule has 0 radical (unpaired) electrons. The van der Waals surface area contributed by atoms with Crippen LogP contribution in [0.25, 0.3) is 0 Å². The summed E-state index contributed by atoms with van der Waals surface area (Å²) in [7, 11) is -3.69. The number of carbonyl (C=O) groups is 1. The first-order chi connectivity index (χ1) is 9.86. The smallest absolute Gasteiger partial charge is 0.241 e. The summed E-state index contributed by atoms with van der Waals surface area (Å²) in [6.45, 7) is 4.18. The van der Waals surface area contributed by atoms with Crippen LogP contribution in [-0.2, 0) is 14.8 Å². The van der Waals surface area contributed by atoms with Crippen LogP contribution < -0.4 is 10.0 Å². The van der Waals surface area contributed by atoms with Crippen LogP contribution in [0.5, 0.6) is 0 Å². The predicted molar refractivity (Wildman–Crippen MR) is 86.5 cm³/mol. The highest BCUT2D eigenvalue weighted by Gasteiger charge is 2.21. The topological polar surface area (TPSA) is 75.3 Å². The summed E-state index contributed by atoms with van der Waals surface area (Å²) in [6.07, 6.45) is 3.01. The molecule has 0 aliphatic heterocycles. The number of hydrogen-bond donors (Lipinski definition) is 2. The molecule has 0 aliphatic carbocycles. The molecule has 0 saturated carbocycles. The van der Waals surface area contributed by atoms with Crippen molar-refractivity contribution in [1.82, 2.24) is 10.0 Å². The average Bonchev–Trinajstić information content (AvgIpc) is 2.43. The molecule has 0 aromatic heterocycles. The summed E-state index contributed by atoms with van der Waals surface area (Å²) in [5.74, 6) is -0.313. The van der Waals surface area contributed by atoms with Crippen molar-refractivity contribution in [2.75, 3.05) is 6.54 Å².